The molecule has 10 rings (SSSR count). The molecule has 0 atom stereocenters. The highest BCUT2D eigenvalue weighted by Crippen LogP contribution is 2.43. The van der Waals surface area contributed by atoms with Crippen LogP contribution in [0.5, 0.6) is 0 Å². The van der Waals surface area contributed by atoms with Crippen LogP contribution in [0.1, 0.15) is 11.0 Å². The zero-order chi connectivity index (χ0) is 44.9. The first-order valence-corrected chi connectivity index (χ1v) is 19.0. The van der Waals surface area contributed by atoms with Crippen molar-refractivity contribution in [2.75, 3.05) is 4.90 Å². The lowest BCUT2D eigenvalue weighted by molar-refractivity contribution is 1.30. The van der Waals surface area contributed by atoms with Gasteiger partial charge in [-0.15, -0.1) is 0 Å². The zero-order valence-corrected chi connectivity index (χ0v) is 30.8. The van der Waals surface area contributed by atoms with Crippen LogP contribution in [0.2, 0.25) is 0 Å². The maximum absolute atomic E-state index is 9.77. The smallest absolute Gasteiger partial charge is 0.0645 e. The van der Waals surface area contributed by atoms with E-state index in [0.717, 1.165) is 49.5 Å². The molecule has 0 radical (unpaired) electrons. The van der Waals surface area contributed by atoms with Crippen LogP contribution >= 0.6 is 0 Å². The summed E-state index contributed by atoms with van der Waals surface area (Å²) in [5, 5.41) is 3.30. The number of nitrogens with zero attached hydrogens (tertiary/aromatic N) is 1. The number of anilines is 3. The van der Waals surface area contributed by atoms with Gasteiger partial charge in [-0.25, -0.2) is 0 Å². The molecule has 10 aromatic rings. The molecule has 0 aliphatic heterocycles. The average molecular weight is 734 g/mol. The van der Waals surface area contributed by atoms with Gasteiger partial charge in [0.25, 0.3) is 0 Å². The molecule has 1 nitrogen and oxygen atoms in total. The van der Waals surface area contributed by atoms with Crippen molar-refractivity contribution in [2.24, 2.45) is 0 Å². The largest absolute Gasteiger partial charge is 0.310 e. The van der Waals surface area contributed by atoms with Gasteiger partial charge in [0.1, 0.15) is 0 Å². The Bertz CT molecular complexity index is 3400. The number of hydrogen-bond acceptors (Lipinski definition) is 1. The van der Waals surface area contributed by atoms with Crippen LogP contribution in [-0.4, -0.2) is 0 Å². The minimum atomic E-state index is -0.399. The maximum atomic E-state index is 9.77. The Balaban J connectivity index is 1.22. The molecular formula is C56H39N. The first-order valence-electron chi connectivity index (χ1n) is 23.0. The highest BCUT2D eigenvalue weighted by atomic mass is 15.1. The number of rotatable bonds is 8. The molecule has 268 valence electrons. The molecule has 0 spiro atoms. The minimum Gasteiger partial charge on any atom is -0.310 e. The SMILES string of the molecule is [2H]c1c([2H])c(N(c2c([2H])c([2H])c(-c3ccc4ccccc4c3-c3ccccc3)c([2H])c2[2H])c2cccc3ccccc23)c([2H])c([2H])c1-c1ccc(-c2ccccc2)c(-c2ccccc2)c1. The van der Waals surface area contributed by atoms with Crippen molar-refractivity contribution in [3.63, 3.8) is 0 Å². The van der Waals surface area contributed by atoms with Gasteiger partial charge < -0.3 is 4.90 Å². The predicted molar refractivity (Wildman–Crippen MR) is 243 cm³/mol. The fourth-order valence-corrected chi connectivity index (χ4v) is 7.69. The predicted octanol–water partition coefficient (Wildman–Crippen LogP) is 15.8. The Hall–Kier alpha value is -7.48. The van der Waals surface area contributed by atoms with E-state index in [1.165, 1.54) is 4.90 Å². The van der Waals surface area contributed by atoms with Crippen LogP contribution in [0.15, 0.2) is 236 Å². The summed E-state index contributed by atoms with van der Waals surface area (Å²) in [6, 6.07) is 56.9. The van der Waals surface area contributed by atoms with Gasteiger partial charge >= 0.3 is 0 Å². The summed E-state index contributed by atoms with van der Waals surface area (Å²) in [6.45, 7) is 0. The molecule has 0 aliphatic rings. The van der Waals surface area contributed by atoms with Gasteiger partial charge in [0.15, 0.2) is 0 Å². The van der Waals surface area contributed by atoms with Crippen molar-refractivity contribution < 1.29 is 11.0 Å². The van der Waals surface area contributed by atoms with Gasteiger partial charge in [-0.2, -0.15) is 0 Å². The summed E-state index contributed by atoms with van der Waals surface area (Å²) in [6.07, 6.45) is 0. The molecular weight excluding hydrogens is 687 g/mol. The van der Waals surface area contributed by atoms with E-state index in [9.17, 15) is 11.0 Å². The van der Waals surface area contributed by atoms with Gasteiger partial charge in [0, 0.05) is 16.8 Å². The van der Waals surface area contributed by atoms with Crippen molar-refractivity contribution in [2.45, 2.75) is 0 Å². The molecule has 0 heterocycles. The normalized spacial score (nSPS) is 13.1. The second-order valence-electron chi connectivity index (χ2n) is 13.8. The van der Waals surface area contributed by atoms with Crippen LogP contribution in [-0.2, 0) is 0 Å². The van der Waals surface area contributed by atoms with E-state index in [-0.39, 0.29) is 46.7 Å². The zero-order valence-electron chi connectivity index (χ0n) is 38.8. The van der Waals surface area contributed by atoms with Gasteiger partial charge in [-0.05, 0) is 108 Å². The quantitative estimate of drug-likeness (QED) is 0.150. The topological polar surface area (TPSA) is 3.24 Å². The van der Waals surface area contributed by atoms with Crippen LogP contribution in [0, 0.1) is 0 Å². The standard InChI is InChI=1S/C56H39N/c1-4-15-41(16-5-1)50-37-32-47(39-54(50)43-17-6-2-7-18-43)40-27-33-48(34-28-40)57(55-26-14-23-42-19-10-12-24-51(42)55)49-35-29-45(30-36-49)53-38-31-44-20-11-13-25-52(44)56(53)46-21-8-3-9-22-46/h1-39H/i27D,28D,29D,30D,33D,34D,35D,36D. The van der Waals surface area contributed by atoms with Gasteiger partial charge in [0.2, 0.25) is 0 Å². The number of benzene rings is 10. The second kappa shape index (κ2) is 15.0. The summed E-state index contributed by atoms with van der Waals surface area (Å²) in [5.41, 5.74) is 6.53. The lowest BCUT2D eigenvalue weighted by atomic mass is 9.89. The molecule has 1 heteroatoms. The fourth-order valence-electron chi connectivity index (χ4n) is 7.69. The van der Waals surface area contributed by atoms with E-state index in [2.05, 4.69) is 0 Å². The van der Waals surface area contributed by atoms with Crippen molar-refractivity contribution >= 4 is 38.6 Å². The number of fused-ring (bicyclic) bond motifs is 2. The molecule has 0 fully saturated rings. The van der Waals surface area contributed by atoms with Crippen LogP contribution in [0.4, 0.5) is 17.1 Å². The first-order chi connectivity index (χ1) is 31.6. The van der Waals surface area contributed by atoms with E-state index < -0.39 is 24.2 Å². The van der Waals surface area contributed by atoms with Crippen LogP contribution in [0.3, 0.4) is 0 Å². The van der Waals surface area contributed by atoms with Crippen LogP contribution in [0.25, 0.3) is 77.2 Å². The van der Waals surface area contributed by atoms with E-state index in [1.54, 1.807) is 12.1 Å². The lowest BCUT2D eigenvalue weighted by Crippen LogP contribution is -2.10. The highest BCUT2D eigenvalue weighted by Gasteiger charge is 2.18. The molecule has 0 N–H and O–H groups in total. The van der Waals surface area contributed by atoms with Crippen molar-refractivity contribution in [3.05, 3.63) is 236 Å². The first kappa shape index (κ1) is 26.3. The van der Waals surface area contributed by atoms with E-state index in [4.69, 9.17) is 0 Å². The molecule has 0 unspecified atom stereocenters. The third-order valence-electron chi connectivity index (χ3n) is 10.4. The third-order valence-corrected chi connectivity index (χ3v) is 10.4. The molecule has 0 aliphatic carbocycles. The Morgan fingerprint density at radius 1 is 0.298 bits per heavy atom. The van der Waals surface area contributed by atoms with Crippen molar-refractivity contribution in [1.29, 1.82) is 0 Å². The summed E-state index contributed by atoms with van der Waals surface area (Å²) in [7, 11) is 0. The molecule has 0 aromatic heterocycles. The summed E-state index contributed by atoms with van der Waals surface area (Å²) < 4.78 is 77.6. The van der Waals surface area contributed by atoms with Crippen molar-refractivity contribution in [1.82, 2.24) is 0 Å². The molecule has 0 saturated carbocycles. The maximum Gasteiger partial charge on any atom is 0.0645 e. The Morgan fingerprint density at radius 3 is 1.44 bits per heavy atom. The van der Waals surface area contributed by atoms with Crippen molar-refractivity contribution in [3.8, 4) is 55.6 Å². The Kier molecular flexibility index (Phi) is 6.92. The molecule has 0 saturated heterocycles. The monoisotopic (exact) mass is 733 g/mol. The molecule has 57 heavy (non-hydrogen) atoms. The number of hydrogen-bond donors (Lipinski definition) is 0. The second-order valence-corrected chi connectivity index (χ2v) is 13.8. The van der Waals surface area contributed by atoms with E-state index >= 15 is 0 Å². The summed E-state index contributed by atoms with van der Waals surface area (Å²) in [5.74, 6) is 0. The minimum absolute atomic E-state index is 0.0954. The lowest BCUT2D eigenvalue weighted by Gasteiger charge is -2.27. The Labute approximate surface area is 345 Å². The van der Waals surface area contributed by atoms with Gasteiger partial charge in [0.05, 0.1) is 16.7 Å². The van der Waals surface area contributed by atoms with Crippen LogP contribution < -0.4 is 4.90 Å². The van der Waals surface area contributed by atoms with E-state index in [1.807, 2.05) is 176 Å². The molecule has 10 aromatic carbocycles. The molecule has 0 amide bonds. The molecule has 0 bridgehead atoms. The van der Waals surface area contributed by atoms with Gasteiger partial charge in [-0.1, -0.05) is 200 Å². The van der Waals surface area contributed by atoms with Gasteiger partial charge in [-0.3, -0.25) is 0 Å². The Morgan fingerprint density at radius 2 is 0.789 bits per heavy atom. The summed E-state index contributed by atoms with van der Waals surface area (Å²) >= 11 is 0. The summed E-state index contributed by atoms with van der Waals surface area (Å²) in [4.78, 5) is 1.39. The highest BCUT2D eigenvalue weighted by molar-refractivity contribution is 6.04. The van der Waals surface area contributed by atoms with E-state index in [0.29, 0.717) is 22.2 Å². The average Bonchev–Trinajstić information content (AvgIpc) is 3.35. The fraction of sp³-hybridized carbons (Fsp3) is 0. The third kappa shape index (κ3) is 6.56.